The van der Waals surface area contributed by atoms with Crippen LogP contribution in [0.5, 0.6) is 0 Å². The van der Waals surface area contributed by atoms with Gasteiger partial charge in [0.25, 0.3) is 0 Å². The van der Waals surface area contributed by atoms with Crippen LogP contribution in [0.3, 0.4) is 0 Å². The van der Waals surface area contributed by atoms with Crippen molar-refractivity contribution in [2.45, 2.75) is 31.7 Å². The third-order valence-corrected chi connectivity index (χ3v) is 4.22. The van der Waals surface area contributed by atoms with Gasteiger partial charge >= 0.3 is 6.03 Å². The summed E-state index contributed by atoms with van der Waals surface area (Å²) >= 11 is 0. The number of hydrogen-bond donors (Lipinski definition) is 1. The molecule has 1 aliphatic carbocycles. The summed E-state index contributed by atoms with van der Waals surface area (Å²) < 4.78 is 13.9. The van der Waals surface area contributed by atoms with Gasteiger partial charge in [0.1, 0.15) is 17.2 Å². The van der Waals surface area contributed by atoms with E-state index in [-0.39, 0.29) is 17.7 Å². The molecule has 1 aromatic carbocycles. The van der Waals surface area contributed by atoms with E-state index >= 15 is 0 Å². The number of nitrogens with zero attached hydrogens (tertiary/aromatic N) is 2. The summed E-state index contributed by atoms with van der Waals surface area (Å²) in [6, 6.07) is 6.30. The Bertz CT molecular complexity index is 582. The molecule has 0 radical (unpaired) electrons. The third-order valence-electron chi connectivity index (χ3n) is 4.22. The zero-order chi connectivity index (χ0) is 14.3. The van der Waals surface area contributed by atoms with Gasteiger partial charge < -0.3 is 10.6 Å². The minimum Gasteiger partial charge on any atom is -0.385 e. The van der Waals surface area contributed by atoms with Gasteiger partial charge in [0, 0.05) is 13.0 Å². The Kier molecular flexibility index (Phi) is 3.00. The molecule has 1 aliphatic heterocycles. The Morgan fingerprint density at radius 2 is 2.15 bits per heavy atom. The molecule has 2 amide bonds. The van der Waals surface area contributed by atoms with Crippen molar-refractivity contribution in [1.29, 1.82) is 0 Å². The molecular formula is C15H18FN3O. The summed E-state index contributed by atoms with van der Waals surface area (Å²) in [6.45, 7) is 2.53. The van der Waals surface area contributed by atoms with Gasteiger partial charge in [0.05, 0.1) is 0 Å². The maximum absolute atomic E-state index is 13.9. The molecule has 0 saturated heterocycles. The smallest absolute Gasteiger partial charge is 0.346 e. The number of benzene rings is 1. The fourth-order valence-corrected chi connectivity index (χ4v) is 2.67. The SMILES string of the molecule is CC1(Cc2ccccc2F)C(N)=NC(=O)N1CC1CC1. The first-order chi connectivity index (χ1) is 9.50. The Morgan fingerprint density at radius 1 is 1.45 bits per heavy atom. The van der Waals surface area contributed by atoms with Crippen LogP contribution in [0, 0.1) is 11.7 Å². The Labute approximate surface area is 117 Å². The van der Waals surface area contributed by atoms with E-state index in [0.717, 1.165) is 12.8 Å². The van der Waals surface area contributed by atoms with Crippen molar-refractivity contribution in [3.63, 3.8) is 0 Å². The molecule has 20 heavy (non-hydrogen) atoms. The molecule has 3 rings (SSSR count). The maximum atomic E-state index is 13.9. The largest absolute Gasteiger partial charge is 0.385 e. The highest BCUT2D eigenvalue weighted by Gasteiger charge is 2.46. The zero-order valence-electron chi connectivity index (χ0n) is 11.5. The van der Waals surface area contributed by atoms with E-state index in [2.05, 4.69) is 4.99 Å². The van der Waals surface area contributed by atoms with Crippen molar-refractivity contribution in [2.75, 3.05) is 6.54 Å². The number of amides is 2. The Hall–Kier alpha value is -1.91. The van der Waals surface area contributed by atoms with E-state index in [1.807, 2.05) is 6.92 Å². The van der Waals surface area contributed by atoms with Crippen molar-refractivity contribution in [1.82, 2.24) is 4.90 Å². The van der Waals surface area contributed by atoms with Crippen LogP contribution in [0.4, 0.5) is 9.18 Å². The number of carbonyl (C=O) groups is 1. The molecule has 0 aromatic heterocycles. The minimum atomic E-state index is -0.720. The third kappa shape index (κ3) is 2.17. The Morgan fingerprint density at radius 3 is 2.80 bits per heavy atom. The lowest BCUT2D eigenvalue weighted by molar-refractivity contribution is 0.173. The summed E-state index contributed by atoms with van der Waals surface area (Å²) in [5.74, 6) is 0.554. The van der Waals surface area contributed by atoms with Crippen LogP contribution >= 0.6 is 0 Å². The quantitative estimate of drug-likeness (QED) is 0.916. The second-order valence-electron chi connectivity index (χ2n) is 5.88. The molecule has 1 unspecified atom stereocenters. The van der Waals surface area contributed by atoms with Crippen LogP contribution in [0.2, 0.25) is 0 Å². The average molecular weight is 275 g/mol. The van der Waals surface area contributed by atoms with Gasteiger partial charge in [-0.1, -0.05) is 18.2 Å². The maximum Gasteiger partial charge on any atom is 0.346 e. The topological polar surface area (TPSA) is 58.7 Å². The van der Waals surface area contributed by atoms with Crippen LogP contribution in [-0.4, -0.2) is 28.9 Å². The van der Waals surface area contributed by atoms with Crippen molar-refractivity contribution >= 4 is 11.9 Å². The van der Waals surface area contributed by atoms with Crippen molar-refractivity contribution < 1.29 is 9.18 Å². The minimum absolute atomic E-state index is 0.271. The highest BCUT2D eigenvalue weighted by atomic mass is 19.1. The number of amidine groups is 1. The number of nitrogens with two attached hydrogens (primary N) is 1. The highest BCUT2D eigenvalue weighted by molar-refractivity contribution is 6.05. The van der Waals surface area contributed by atoms with E-state index in [1.165, 1.54) is 6.07 Å². The van der Waals surface area contributed by atoms with Gasteiger partial charge in [-0.05, 0) is 37.3 Å². The van der Waals surface area contributed by atoms with E-state index in [4.69, 9.17) is 5.73 Å². The van der Waals surface area contributed by atoms with Gasteiger partial charge in [-0.2, -0.15) is 4.99 Å². The molecule has 0 bridgehead atoms. The molecule has 4 nitrogen and oxygen atoms in total. The van der Waals surface area contributed by atoms with Crippen LogP contribution in [0.1, 0.15) is 25.3 Å². The molecule has 1 saturated carbocycles. The highest BCUT2D eigenvalue weighted by Crippen LogP contribution is 2.35. The van der Waals surface area contributed by atoms with Gasteiger partial charge in [-0.3, -0.25) is 0 Å². The average Bonchev–Trinajstić information content (AvgIpc) is 3.18. The molecule has 1 heterocycles. The molecule has 0 spiro atoms. The summed E-state index contributed by atoms with van der Waals surface area (Å²) in [5, 5.41) is 0. The van der Waals surface area contributed by atoms with Gasteiger partial charge in [0.15, 0.2) is 0 Å². The molecule has 1 aromatic rings. The van der Waals surface area contributed by atoms with Gasteiger partial charge in [-0.15, -0.1) is 0 Å². The van der Waals surface area contributed by atoms with E-state index in [0.29, 0.717) is 24.4 Å². The van der Waals surface area contributed by atoms with Crippen LogP contribution in [0.15, 0.2) is 29.3 Å². The van der Waals surface area contributed by atoms with Crippen molar-refractivity contribution in [3.8, 4) is 0 Å². The van der Waals surface area contributed by atoms with E-state index in [9.17, 15) is 9.18 Å². The summed E-state index contributed by atoms with van der Waals surface area (Å²) in [6.07, 6.45) is 2.63. The normalized spacial score (nSPS) is 26.0. The van der Waals surface area contributed by atoms with E-state index in [1.54, 1.807) is 23.1 Å². The number of rotatable bonds is 4. The monoisotopic (exact) mass is 275 g/mol. The molecule has 1 fully saturated rings. The summed E-state index contributed by atoms with van der Waals surface area (Å²) in [7, 11) is 0. The number of hydrogen-bond acceptors (Lipinski definition) is 2. The molecule has 106 valence electrons. The van der Waals surface area contributed by atoms with Crippen LogP contribution in [-0.2, 0) is 6.42 Å². The molecule has 2 aliphatic rings. The van der Waals surface area contributed by atoms with E-state index < -0.39 is 5.54 Å². The lowest BCUT2D eigenvalue weighted by Crippen LogP contribution is -2.54. The number of aliphatic imine (C=N–C) groups is 1. The first-order valence-corrected chi connectivity index (χ1v) is 6.90. The zero-order valence-corrected chi connectivity index (χ0v) is 11.5. The summed E-state index contributed by atoms with van der Waals surface area (Å²) in [5.41, 5.74) is 5.79. The molecular weight excluding hydrogens is 257 g/mol. The lowest BCUT2D eigenvalue weighted by atomic mass is 9.90. The fourth-order valence-electron chi connectivity index (χ4n) is 2.67. The first-order valence-electron chi connectivity index (χ1n) is 6.90. The van der Waals surface area contributed by atoms with Gasteiger partial charge in [0.2, 0.25) is 0 Å². The standard InChI is InChI=1S/C15H18FN3O/c1-15(8-11-4-2-3-5-12(11)16)13(17)18-14(20)19(15)9-10-6-7-10/h2-5,10H,6-9H2,1H3,(H2,17,18,20). The first kappa shape index (κ1) is 13.1. The number of carbonyl (C=O) groups excluding carboxylic acids is 1. The summed E-state index contributed by atoms with van der Waals surface area (Å²) in [4.78, 5) is 17.6. The fraction of sp³-hybridized carbons (Fsp3) is 0.467. The van der Waals surface area contributed by atoms with Gasteiger partial charge in [-0.25, -0.2) is 9.18 Å². The van der Waals surface area contributed by atoms with Crippen molar-refractivity contribution in [3.05, 3.63) is 35.6 Å². The number of halogens is 1. The molecule has 2 N–H and O–H groups in total. The van der Waals surface area contributed by atoms with Crippen LogP contribution in [0.25, 0.3) is 0 Å². The molecule has 5 heteroatoms. The Balaban J connectivity index is 1.88. The second kappa shape index (κ2) is 4.58. The number of urea groups is 1. The predicted molar refractivity (Wildman–Crippen MR) is 75.0 cm³/mol. The van der Waals surface area contributed by atoms with Crippen LogP contribution < -0.4 is 5.73 Å². The second-order valence-corrected chi connectivity index (χ2v) is 5.88. The molecule has 1 atom stereocenters. The lowest BCUT2D eigenvalue weighted by Gasteiger charge is -2.35. The van der Waals surface area contributed by atoms with Crippen molar-refractivity contribution in [2.24, 2.45) is 16.6 Å². The predicted octanol–water partition coefficient (Wildman–Crippen LogP) is 2.33.